The Hall–Kier alpha value is -2.62. The second-order valence-electron chi connectivity index (χ2n) is 6.75. The summed E-state index contributed by atoms with van der Waals surface area (Å²) in [6.45, 7) is 6.58. The Kier molecular flexibility index (Phi) is 3.90. The zero-order valence-corrected chi connectivity index (χ0v) is 13.7. The lowest BCUT2D eigenvalue weighted by atomic mass is 9.86. The highest BCUT2D eigenvalue weighted by Gasteiger charge is 2.14. The molecule has 1 N–H and O–H groups in total. The molecule has 0 atom stereocenters. The second kappa shape index (κ2) is 5.88. The number of nitrogens with one attached hydrogen (secondary N) is 1. The molecule has 3 rings (SSSR count). The van der Waals surface area contributed by atoms with E-state index in [1.807, 2.05) is 12.1 Å². The third-order valence-electron chi connectivity index (χ3n) is 3.94. The summed E-state index contributed by atoms with van der Waals surface area (Å²) in [5.74, 6) is 0.604. The molecule has 0 aliphatic rings. The number of rotatable bonds is 3. The van der Waals surface area contributed by atoms with Crippen molar-refractivity contribution in [1.82, 2.24) is 14.8 Å². The van der Waals surface area contributed by atoms with Crippen LogP contribution in [0.4, 0.5) is 0 Å². The van der Waals surface area contributed by atoms with Gasteiger partial charge in [0.05, 0.1) is 0 Å². The van der Waals surface area contributed by atoms with E-state index in [2.05, 4.69) is 55.1 Å². The quantitative estimate of drug-likeness (QED) is 0.805. The normalized spacial score (nSPS) is 11.6. The van der Waals surface area contributed by atoms with Crippen LogP contribution in [0.1, 0.15) is 37.5 Å². The van der Waals surface area contributed by atoms with E-state index >= 15 is 0 Å². The molecule has 23 heavy (non-hydrogen) atoms. The van der Waals surface area contributed by atoms with Gasteiger partial charge in [-0.2, -0.15) is 0 Å². The Labute approximate surface area is 135 Å². The number of aromatic nitrogens is 3. The molecule has 2 aromatic heterocycles. The topological polar surface area (TPSA) is 50.7 Å². The van der Waals surface area contributed by atoms with Crippen LogP contribution in [0.25, 0.3) is 5.82 Å². The molecule has 4 nitrogen and oxygen atoms in total. The number of nitrogens with zero attached hydrogens (tertiary/aromatic N) is 2. The van der Waals surface area contributed by atoms with Gasteiger partial charge >= 0.3 is 0 Å². The predicted molar refractivity (Wildman–Crippen MR) is 92.1 cm³/mol. The number of hydrogen-bond acceptors (Lipinski definition) is 2. The van der Waals surface area contributed by atoms with Crippen molar-refractivity contribution < 1.29 is 0 Å². The Morgan fingerprint density at radius 3 is 2.43 bits per heavy atom. The van der Waals surface area contributed by atoms with Crippen molar-refractivity contribution in [1.29, 1.82) is 0 Å². The molecule has 0 saturated heterocycles. The third kappa shape index (κ3) is 3.26. The molecular weight excluding hydrogens is 286 g/mol. The molecule has 2 heterocycles. The summed E-state index contributed by atoms with van der Waals surface area (Å²) >= 11 is 0. The summed E-state index contributed by atoms with van der Waals surface area (Å²) < 4.78 is 1.47. The lowest BCUT2D eigenvalue weighted by Crippen LogP contribution is -2.18. The van der Waals surface area contributed by atoms with E-state index in [-0.39, 0.29) is 11.0 Å². The van der Waals surface area contributed by atoms with Crippen molar-refractivity contribution >= 4 is 0 Å². The van der Waals surface area contributed by atoms with Gasteiger partial charge < -0.3 is 0 Å². The van der Waals surface area contributed by atoms with Gasteiger partial charge in [0.15, 0.2) is 5.82 Å². The van der Waals surface area contributed by atoms with Crippen molar-refractivity contribution in [2.45, 2.75) is 32.6 Å². The fourth-order valence-corrected chi connectivity index (χ4v) is 2.53. The van der Waals surface area contributed by atoms with Crippen LogP contribution in [0, 0.1) is 0 Å². The van der Waals surface area contributed by atoms with Crippen LogP contribution in [-0.2, 0) is 11.8 Å². The number of H-pyrrole nitrogens is 1. The van der Waals surface area contributed by atoms with Crippen LogP contribution in [-0.4, -0.2) is 14.8 Å². The Morgan fingerprint density at radius 1 is 1.09 bits per heavy atom. The molecule has 0 unspecified atom stereocenters. The van der Waals surface area contributed by atoms with E-state index < -0.39 is 0 Å². The minimum absolute atomic E-state index is 0.0522. The molecule has 0 aliphatic carbocycles. The van der Waals surface area contributed by atoms with E-state index in [4.69, 9.17) is 0 Å². The third-order valence-corrected chi connectivity index (χ3v) is 3.94. The highest BCUT2D eigenvalue weighted by Crippen LogP contribution is 2.22. The molecule has 1 aromatic carbocycles. The lowest BCUT2D eigenvalue weighted by molar-refractivity contribution is 0.590. The molecule has 0 bridgehead atoms. The van der Waals surface area contributed by atoms with Gasteiger partial charge in [-0.3, -0.25) is 9.89 Å². The maximum absolute atomic E-state index is 12.5. The first-order valence-electron chi connectivity index (χ1n) is 7.75. The molecule has 0 spiro atoms. The Bertz CT molecular complexity index is 837. The molecule has 4 heteroatoms. The Morgan fingerprint density at radius 2 is 1.83 bits per heavy atom. The fourth-order valence-electron chi connectivity index (χ4n) is 2.53. The van der Waals surface area contributed by atoms with Gasteiger partial charge in [-0.1, -0.05) is 51.1 Å². The van der Waals surface area contributed by atoms with E-state index in [9.17, 15) is 4.79 Å². The molecular formula is C19H21N3O. The van der Waals surface area contributed by atoms with Gasteiger partial charge in [0, 0.05) is 24.4 Å². The molecule has 118 valence electrons. The molecule has 0 saturated carbocycles. The molecule has 0 radical (unpaired) electrons. The number of aromatic amines is 1. The molecule has 0 fully saturated rings. The van der Waals surface area contributed by atoms with E-state index in [1.54, 1.807) is 18.5 Å². The van der Waals surface area contributed by atoms with Gasteiger partial charge in [-0.05, 0) is 28.7 Å². The van der Waals surface area contributed by atoms with Crippen LogP contribution in [0.3, 0.4) is 0 Å². The van der Waals surface area contributed by atoms with Crippen LogP contribution < -0.4 is 5.56 Å². The zero-order valence-electron chi connectivity index (χ0n) is 13.7. The smallest absolute Gasteiger partial charge is 0.276 e. The number of hydrogen-bond donors (Lipinski definition) is 1. The summed E-state index contributed by atoms with van der Waals surface area (Å²) in [5, 5.41) is 2.99. The van der Waals surface area contributed by atoms with Crippen LogP contribution in [0.5, 0.6) is 0 Å². The maximum Gasteiger partial charge on any atom is 0.276 e. The maximum atomic E-state index is 12.5. The number of pyridine rings is 1. The molecule has 3 aromatic rings. The van der Waals surface area contributed by atoms with Crippen LogP contribution in [0.2, 0.25) is 0 Å². The van der Waals surface area contributed by atoms with Crippen LogP contribution in [0.15, 0.2) is 59.7 Å². The standard InChI is InChI=1S/C19H21N3O/c1-19(2,3)16-9-7-14(8-10-16)12-15-13-21-22(18(15)23)17-6-4-5-11-20-17/h4-11,13,21H,12H2,1-3H3. The highest BCUT2D eigenvalue weighted by molar-refractivity contribution is 5.31. The summed E-state index contributed by atoms with van der Waals surface area (Å²) in [6, 6.07) is 14.0. The van der Waals surface area contributed by atoms with Gasteiger partial charge in [0.2, 0.25) is 0 Å². The van der Waals surface area contributed by atoms with Crippen LogP contribution >= 0.6 is 0 Å². The van der Waals surface area contributed by atoms with Crippen molar-refractivity contribution in [3.05, 3.63) is 81.9 Å². The second-order valence-corrected chi connectivity index (χ2v) is 6.75. The minimum Gasteiger partial charge on any atom is -0.296 e. The Balaban J connectivity index is 1.85. The minimum atomic E-state index is -0.0522. The zero-order chi connectivity index (χ0) is 16.4. The van der Waals surface area contributed by atoms with Gasteiger partial charge in [-0.25, -0.2) is 9.67 Å². The molecule has 0 amide bonds. The fraction of sp³-hybridized carbons (Fsp3) is 0.263. The summed E-state index contributed by atoms with van der Waals surface area (Å²) in [5.41, 5.74) is 3.24. The molecule has 0 aliphatic heterocycles. The van der Waals surface area contributed by atoms with Gasteiger partial charge in [0.1, 0.15) is 0 Å². The van der Waals surface area contributed by atoms with Crippen molar-refractivity contribution in [2.75, 3.05) is 0 Å². The predicted octanol–water partition coefficient (Wildman–Crippen LogP) is 3.45. The van der Waals surface area contributed by atoms with Crippen molar-refractivity contribution in [3.8, 4) is 5.82 Å². The van der Waals surface area contributed by atoms with Crippen molar-refractivity contribution in [3.63, 3.8) is 0 Å². The summed E-state index contributed by atoms with van der Waals surface area (Å²) in [4.78, 5) is 16.7. The first-order valence-corrected chi connectivity index (χ1v) is 7.75. The average molecular weight is 307 g/mol. The largest absolute Gasteiger partial charge is 0.296 e. The first-order chi connectivity index (χ1) is 10.9. The van der Waals surface area contributed by atoms with E-state index in [1.165, 1.54) is 10.2 Å². The SMILES string of the molecule is CC(C)(C)c1ccc(Cc2c[nH]n(-c3ccccn3)c2=O)cc1. The van der Waals surface area contributed by atoms with E-state index in [0.717, 1.165) is 11.1 Å². The van der Waals surface area contributed by atoms with E-state index in [0.29, 0.717) is 12.2 Å². The first kappa shape index (κ1) is 15.3. The lowest BCUT2D eigenvalue weighted by Gasteiger charge is -2.19. The van der Waals surface area contributed by atoms with Crippen molar-refractivity contribution in [2.24, 2.45) is 0 Å². The highest BCUT2D eigenvalue weighted by atomic mass is 16.1. The monoisotopic (exact) mass is 307 g/mol. The summed E-state index contributed by atoms with van der Waals surface area (Å²) in [6.07, 6.45) is 4.04. The van der Waals surface area contributed by atoms with Gasteiger partial charge in [-0.15, -0.1) is 0 Å². The number of benzene rings is 1. The summed E-state index contributed by atoms with van der Waals surface area (Å²) in [7, 11) is 0. The van der Waals surface area contributed by atoms with Gasteiger partial charge in [0.25, 0.3) is 5.56 Å². The average Bonchev–Trinajstić information content (AvgIpc) is 2.89.